The molecule has 0 aliphatic carbocycles. The smallest absolute Gasteiger partial charge is 0.133 e. The predicted octanol–water partition coefficient (Wildman–Crippen LogP) is 1.53. The number of nitrogens with zero attached hydrogens (tertiary/aromatic N) is 2. The number of para-hydroxylation sites is 1. The summed E-state index contributed by atoms with van der Waals surface area (Å²) < 4.78 is 7.18. The van der Waals surface area contributed by atoms with Gasteiger partial charge in [-0.2, -0.15) is 5.10 Å². The van der Waals surface area contributed by atoms with Crippen LogP contribution in [0.5, 0.6) is 0 Å². The highest BCUT2D eigenvalue weighted by Gasteiger charge is 2.19. The van der Waals surface area contributed by atoms with Gasteiger partial charge in [-0.3, -0.25) is 0 Å². The normalized spacial score (nSPS) is 14.8. The third kappa shape index (κ3) is 1.39. The summed E-state index contributed by atoms with van der Waals surface area (Å²) >= 11 is 0. The number of fused-ring (bicyclic) bond motifs is 1. The Bertz CT molecular complexity index is 504. The van der Waals surface area contributed by atoms with E-state index in [0.717, 1.165) is 30.0 Å². The van der Waals surface area contributed by atoms with Crippen LogP contribution in [0, 0.1) is 0 Å². The van der Waals surface area contributed by atoms with Gasteiger partial charge in [-0.15, -0.1) is 0 Å². The van der Waals surface area contributed by atoms with E-state index >= 15 is 0 Å². The van der Waals surface area contributed by atoms with Crippen molar-refractivity contribution in [3.63, 3.8) is 0 Å². The summed E-state index contributed by atoms with van der Waals surface area (Å²) in [5.41, 5.74) is 9.17. The number of hydrogen-bond donors (Lipinski definition) is 1. The fourth-order valence-corrected chi connectivity index (χ4v) is 1.98. The number of benzene rings is 1. The molecule has 2 heterocycles. The zero-order chi connectivity index (χ0) is 11.0. The number of nitrogen functional groups attached to an aromatic ring is 1. The van der Waals surface area contributed by atoms with Crippen molar-refractivity contribution in [2.24, 2.45) is 0 Å². The maximum atomic E-state index is 6.08. The summed E-state index contributed by atoms with van der Waals surface area (Å²) in [5, 5.41) is 4.53. The molecule has 3 rings (SSSR count). The molecule has 0 amide bonds. The van der Waals surface area contributed by atoms with Crippen molar-refractivity contribution in [2.45, 2.75) is 13.0 Å². The minimum absolute atomic E-state index is 0.577. The third-order valence-corrected chi connectivity index (χ3v) is 2.84. The fraction of sp³-hybridized carbons (Fsp3) is 0.250. The molecular formula is C12H13N3O. The molecule has 4 nitrogen and oxygen atoms in total. The highest BCUT2D eigenvalue weighted by atomic mass is 16.5. The highest BCUT2D eigenvalue weighted by molar-refractivity contribution is 5.50. The second-order valence-corrected chi connectivity index (χ2v) is 3.86. The molecule has 16 heavy (non-hydrogen) atoms. The number of rotatable bonds is 1. The first-order chi connectivity index (χ1) is 7.86. The van der Waals surface area contributed by atoms with Gasteiger partial charge in [-0.1, -0.05) is 18.2 Å². The first kappa shape index (κ1) is 9.42. The lowest BCUT2D eigenvalue weighted by Crippen LogP contribution is -2.09. The van der Waals surface area contributed by atoms with E-state index in [1.165, 1.54) is 0 Å². The Labute approximate surface area is 93.6 Å². The molecule has 2 N–H and O–H groups in total. The Balaban J connectivity index is 2.12. The molecular weight excluding hydrogens is 202 g/mol. The number of anilines is 1. The molecule has 1 aromatic carbocycles. The Morgan fingerprint density at radius 3 is 2.81 bits per heavy atom. The van der Waals surface area contributed by atoms with E-state index in [1.54, 1.807) is 4.68 Å². The van der Waals surface area contributed by atoms with Crippen molar-refractivity contribution in [3.05, 3.63) is 41.6 Å². The molecule has 1 aliphatic heterocycles. The van der Waals surface area contributed by atoms with Crippen LogP contribution in [-0.2, 0) is 17.8 Å². The topological polar surface area (TPSA) is 53.1 Å². The molecule has 0 bridgehead atoms. The third-order valence-electron chi connectivity index (χ3n) is 2.84. The van der Waals surface area contributed by atoms with E-state index in [4.69, 9.17) is 10.5 Å². The minimum atomic E-state index is 0.577. The van der Waals surface area contributed by atoms with Crippen LogP contribution in [0.3, 0.4) is 0 Å². The molecule has 4 heteroatoms. The van der Waals surface area contributed by atoms with Crippen molar-refractivity contribution < 1.29 is 4.74 Å². The summed E-state index contributed by atoms with van der Waals surface area (Å²) in [4.78, 5) is 0. The van der Waals surface area contributed by atoms with Gasteiger partial charge >= 0.3 is 0 Å². The summed E-state index contributed by atoms with van der Waals surface area (Å²) in [5.74, 6) is 0.695. The standard InChI is InChI=1S/C12H13N3O/c13-12-10-8-16-7-6-11(10)14-15(12)9-4-2-1-3-5-9/h1-5H,6-8,13H2. The summed E-state index contributed by atoms with van der Waals surface area (Å²) in [6.07, 6.45) is 0.847. The molecule has 0 spiro atoms. The Kier molecular flexibility index (Phi) is 2.15. The molecule has 0 saturated carbocycles. The maximum absolute atomic E-state index is 6.08. The van der Waals surface area contributed by atoms with Crippen LogP contribution in [0.4, 0.5) is 5.82 Å². The second-order valence-electron chi connectivity index (χ2n) is 3.86. The van der Waals surface area contributed by atoms with Gasteiger partial charge in [0.15, 0.2) is 0 Å². The lowest BCUT2D eigenvalue weighted by molar-refractivity contribution is 0.110. The van der Waals surface area contributed by atoms with Crippen molar-refractivity contribution in [3.8, 4) is 5.69 Å². The average molecular weight is 215 g/mol. The Morgan fingerprint density at radius 2 is 2.06 bits per heavy atom. The molecule has 2 aromatic rings. The van der Waals surface area contributed by atoms with Crippen molar-refractivity contribution in [1.29, 1.82) is 0 Å². The van der Waals surface area contributed by atoms with Gasteiger partial charge in [0.05, 0.1) is 24.6 Å². The number of aromatic nitrogens is 2. The van der Waals surface area contributed by atoms with Crippen molar-refractivity contribution in [2.75, 3.05) is 12.3 Å². The number of nitrogens with two attached hydrogens (primary N) is 1. The first-order valence-electron chi connectivity index (χ1n) is 5.35. The van der Waals surface area contributed by atoms with E-state index in [1.807, 2.05) is 30.3 Å². The molecule has 0 fully saturated rings. The molecule has 0 saturated heterocycles. The number of ether oxygens (including phenoxy) is 1. The van der Waals surface area contributed by atoms with E-state index in [9.17, 15) is 0 Å². The molecule has 1 aromatic heterocycles. The van der Waals surface area contributed by atoms with Gasteiger partial charge in [0.25, 0.3) is 0 Å². The Hall–Kier alpha value is -1.81. The Morgan fingerprint density at radius 1 is 1.25 bits per heavy atom. The summed E-state index contributed by atoms with van der Waals surface area (Å²) in [6, 6.07) is 9.93. The molecule has 0 radical (unpaired) electrons. The molecule has 82 valence electrons. The largest absolute Gasteiger partial charge is 0.383 e. The monoisotopic (exact) mass is 215 g/mol. The second kappa shape index (κ2) is 3.64. The minimum Gasteiger partial charge on any atom is -0.383 e. The van der Waals surface area contributed by atoms with Crippen molar-refractivity contribution in [1.82, 2.24) is 9.78 Å². The van der Waals surface area contributed by atoms with Gasteiger partial charge in [-0.05, 0) is 12.1 Å². The lowest BCUT2D eigenvalue weighted by Gasteiger charge is -2.10. The maximum Gasteiger partial charge on any atom is 0.133 e. The van der Waals surface area contributed by atoms with Crippen LogP contribution in [-0.4, -0.2) is 16.4 Å². The fourth-order valence-electron chi connectivity index (χ4n) is 1.98. The molecule has 1 aliphatic rings. The van der Waals surface area contributed by atoms with E-state index in [2.05, 4.69) is 5.10 Å². The van der Waals surface area contributed by atoms with Crippen LogP contribution in [0.15, 0.2) is 30.3 Å². The molecule has 0 unspecified atom stereocenters. The quantitative estimate of drug-likeness (QED) is 0.784. The summed E-state index contributed by atoms with van der Waals surface area (Å²) in [7, 11) is 0. The van der Waals surface area contributed by atoms with E-state index in [0.29, 0.717) is 12.4 Å². The van der Waals surface area contributed by atoms with Gasteiger partial charge in [0.1, 0.15) is 5.82 Å². The number of hydrogen-bond acceptors (Lipinski definition) is 3. The van der Waals surface area contributed by atoms with E-state index in [-0.39, 0.29) is 0 Å². The zero-order valence-corrected chi connectivity index (χ0v) is 8.89. The van der Waals surface area contributed by atoms with Crippen LogP contribution in [0.2, 0.25) is 0 Å². The van der Waals surface area contributed by atoms with Crippen LogP contribution in [0.25, 0.3) is 5.69 Å². The molecule has 0 atom stereocenters. The summed E-state index contributed by atoms with van der Waals surface area (Å²) in [6.45, 7) is 1.31. The van der Waals surface area contributed by atoms with Crippen LogP contribution in [0.1, 0.15) is 11.3 Å². The van der Waals surface area contributed by atoms with Gasteiger partial charge in [0, 0.05) is 12.0 Å². The van der Waals surface area contributed by atoms with Gasteiger partial charge in [0.2, 0.25) is 0 Å². The van der Waals surface area contributed by atoms with Gasteiger partial charge in [-0.25, -0.2) is 4.68 Å². The highest BCUT2D eigenvalue weighted by Crippen LogP contribution is 2.24. The van der Waals surface area contributed by atoms with Crippen LogP contribution >= 0.6 is 0 Å². The average Bonchev–Trinajstić information content (AvgIpc) is 2.69. The van der Waals surface area contributed by atoms with Crippen LogP contribution < -0.4 is 5.73 Å². The SMILES string of the molecule is Nc1c2c(nn1-c1ccccc1)CCOC2. The first-order valence-corrected chi connectivity index (χ1v) is 5.35. The van der Waals surface area contributed by atoms with Crippen molar-refractivity contribution >= 4 is 5.82 Å². The van der Waals surface area contributed by atoms with Gasteiger partial charge < -0.3 is 10.5 Å². The van der Waals surface area contributed by atoms with E-state index < -0.39 is 0 Å². The lowest BCUT2D eigenvalue weighted by atomic mass is 10.1. The zero-order valence-electron chi connectivity index (χ0n) is 8.89. The predicted molar refractivity (Wildman–Crippen MR) is 61.3 cm³/mol.